The molecule has 0 spiro atoms. The third-order valence-corrected chi connectivity index (χ3v) is 5.30. The zero-order chi connectivity index (χ0) is 17.8. The highest BCUT2D eigenvalue weighted by Crippen LogP contribution is 2.37. The maximum Gasteiger partial charge on any atom is 0.105 e. The molecule has 4 heteroatoms. The number of hydrogen-bond donors (Lipinski definition) is 2. The van der Waals surface area contributed by atoms with Crippen LogP contribution in [0.3, 0.4) is 0 Å². The molecule has 0 fully saturated rings. The van der Waals surface area contributed by atoms with E-state index in [9.17, 15) is 0 Å². The Morgan fingerprint density at radius 2 is 2.04 bits per heavy atom. The van der Waals surface area contributed by atoms with Gasteiger partial charge in [-0.15, -0.1) is 0 Å². The van der Waals surface area contributed by atoms with Gasteiger partial charge in [-0.1, -0.05) is 43.6 Å². The van der Waals surface area contributed by atoms with Gasteiger partial charge in [0.1, 0.15) is 5.69 Å². The zero-order valence-corrected chi connectivity index (χ0v) is 15.7. The van der Waals surface area contributed by atoms with Crippen molar-refractivity contribution in [3.63, 3.8) is 0 Å². The van der Waals surface area contributed by atoms with Gasteiger partial charge in [0.2, 0.25) is 0 Å². The zero-order valence-electron chi connectivity index (χ0n) is 15.0. The molecular weight excluding hydrogens is 330 g/mol. The normalized spacial score (nSPS) is 12.6. The Kier molecular flexibility index (Phi) is 5.77. The van der Waals surface area contributed by atoms with Crippen molar-refractivity contribution in [1.82, 2.24) is 9.97 Å². The van der Waals surface area contributed by atoms with E-state index in [-0.39, 0.29) is 0 Å². The first kappa shape index (κ1) is 18.0. The minimum absolute atomic E-state index is 0.506. The van der Waals surface area contributed by atoms with E-state index in [1.165, 1.54) is 22.0 Å². The predicted molar refractivity (Wildman–Crippen MR) is 107 cm³/mol. The van der Waals surface area contributed by atoms with Crippen LogP contribution in [-0.4, -0.2) is 16.5 Å². The highest BCUT2D eigenvalue weighted by atomic mass is 35.5. The first-order chi connectivity index (χ1) is 12.2. The van der Waals surface area contributed by atoms with Crippen LogP contribution in [0.5, 0.6) is 0 Å². The second-order valence-corrected chi connectivity index (χ2v) is 7.04. The first-order valence-corrected chi connectivity index (χ1v) is 9.49. The maximum absolute atomic E-state index is 6.45. The molecule has 0 bridgehead atoms. The third-order valence-electron chi connectivity index (χ3n) is 4.99. The van der Waals surface area contributed by atoms with Crippen molar-refractivity contribution in [2.75, 3.05) is 6.54 Å². The number of aryl methyl sites for hydroxylation is 1. The van der Waals surface area contributed by atoms with Gasteiger partial charge in [0.15, 0.2) is 0 Å². The van der Waals surface area contributed by atoms with E-state index >= 15 is 0 Å². The second kappa shape index (κ2) is 8.03. The minimum atomic E-state index is 0.506. The molecule has 1 aromatic carbocycles. The number of pyridine rings is 1. The van der Waals surface area contributed by atoms with Crippen LogP contribution in [0.2, 0.25) is 5.02 Å². The number of para-hydroxylation sites is 1. The molecule has 0 amide bonds. The summed E-state index contributed by atoms with van der Waals surface area (Å²) in [5.41, 5.74) is 11.5. The number of aromatic nitrogens is 2. The number of nitrogens with one attached hydrogen (secondary N) is 1. The van der Waals surface area contributed by atoms with Crippen LogP contribution in [0.25, 0.3) is 22.3 Å². The molecule has 0 saturated heterocycles. The smallest absolute Gasteiger partial charge is 0.105 e. The van der Waals surface area contributed by atoms with Gasteiger partial charge in [0, 0.05) is 17.1 Å². The molecule has 0 saturated carbocycles. The second-order valence-electron chi connectivity index (χ2n) is 6.64. The number of benzene rings is 1. The first-order valence-electron chi connectivity index (χ1n) is 9.11. The van der Waals surface area contributed by atoms with Gasteiger partial charge < -0.3 is 10.7 Å². The molecule has 3 N–H and O–H groups in total. The Morgan fingerprint density at radius 1 is 1.20 bits per heavy atom. The summed E-state index contributed by atoms with van der Waals surface area (Å²) < 4.78 is 0. The quantitative estimate of drug-likeness (QED) is 0.536. The Morgan fingerprint density at radius 3 is 2.76 bits per heavy atom. The van der Waals surface area contributed by atoms with Crippen LogP contribution in [0.1, 0.15) is 50.2 Å². The van der Waals surface area contributed by atoms with Gasteiger partial charge in [0.25, 0.3) is 0 Å². The average molecular weight is 356 g/mol. The maximum atomic E-state index is 6.45. The molecule has 1 unspecified atom stereocenters. The Hall–Kier alpha value is -1.84. The van der Waals surface area contributed by atoms with Gasteiger partial charge in [-0.2, -0.15) is 0 Å². The third kappa shape index (κ3) is 3.58. The number of hydrogen-bond acceptors (Lipinski definition) is 2. The number of H-pyrrole nitrogens is 1. The number of nitrogens with two attached hydrogens (primary N) is 1. The summed E-state index contributed by atoms with van der Waals surface area (Å²) in [5, 5.41) is 1.96. The lowest BCUT2D eigenvalue weighted by atomic mass is 9.95. The number of halogens is 1. The van der Waals surface area contributed by atoms with Crippen molar-refractivity contribution in [2.45, 2.75) is 45.4 Å². The standard InChI is InChI=1S/C21H26ClN3/c1-3-14(2)15-9-6-10-16-17(8-4-5-12-23)20(25-19(15)16)21-18(22)11-7-13-24-21/h6-7,9-11,13-14,25H,3-5,8,12,23H2,1-2H3. The van der Waals surface area contributed by atoms with Crippen LogP contribution >= 0.6 is 11.6 Å². The van der Waals surface area contributed by atoms with Gasteiger partial charge in [-0.25, -0.2) is 0 Å². The summed E-state index contributed by atoms with van der Waals surface area (Å²) in [6.07, 6.45) is 5.97. The number of aromatic amines is 1. The minimum Gasteiger partial charge on any atom is -0.353 e. The van der Waals surface area contributed by atoms with E-state index in [4.69, 9.17) is 17.3 Å². The van der Waals surface area contributed by atoms with Crippen LogP contribution in [-0.2, 0) is 6.42 Å². The Bertz CT molecular complexity index is 853. The van der Waals surface area contributed by atoms with Gasteiger partial charge >= 0.3 is 0 Å². The molecule has 132 valence electrons. The van der Waals surface area contributed by atoms with Gasteiger partial charge in [-0.3, -0.25) is 4.98 Å². The lowest BCUT2D eigenvalue weighted by Gasteiger charge is -2.10. The lowest BCUT2D eigenvalue weighted by molar-refractivity contribution is 0.738. The summed E-state index contributed by atoms with van der Waals surface area (Å²) in [4.78, 5) is 8.19. The number of rotatable bonds is 7. The van der Waals surface area contributed by atoms with E-state index in [1.54, 1.807) is 6.20 Å². The molecule has 2 heterocycles. The fourth-order valence-corrected chi connectivity index (χ4v) is 3.62. The van der Waals surface area contributed by atoms with Crippen molar-refractivity contribution in [3.8, 4) is 11.4 Å². The Labute approximate surface area is 154 Å². The molecule has 3 aromatic rings. The Balaban J connectivity index is 2.20. The molecule has 3 rings (SSSR count). The van der Waals surface area contributed by atoms with Crippen LogP contribution in [0.4, 0.5) is 0 Å². The van der Waals surface area contributed by atoms with E-state index in [1.807, 2.05) is 12.1 Å². The fourth-order valence-electron chi connectivity index (χ4n) is 3.40. The largest absolute Gasteiger partial charge is 0.353 e. The summed E-state index contributed by atoms with van der Waals surface area (Å²) >= 11 is 6.45. The number of unbranched alkanes of at least 4 members (excludes halogenated alkanes) is 1. The van der Waals surface area contributed by atoms with E-state index < -0.39 is 0 Å². The molecule has 3 nitrogen and oxygen atoms in total. The topological polar surface area (TPSA) is 54.7 Å². The van der Waals surface area contributed by atoms with Crippen molar-refractivity contribution < 1.29 is 0 Å². The van der Waals surface area contributed by atoms with Crippen LogP contribution < -0.4 is 5.73 Å². The molecule has 1 atom stereocenters. The van der Waals surface area contributed by atoms with E-state index in [2.05, 4.69) is 42.0 Å². The lowest BCUT2D eigenvalue weighted by Crippen LogP contribution is -1.99. The molecule has 0 aliphatic carbocycles. The van der Waals surface area contributed by atoms with Gasteiger partial charge in [0.05, 0.1) is 10.7 Å². The summed E-state index contributed by atoms with van der Waals surface area (Å²) in [5.74, 6) is 0.506. The van der Waals surface area contributed by atoms with E-state index in [0.717, 1.165) is 43.6 Å². The summed E-state index contributed by atoms with van der Waals surface area (Å²) in [6, 6.07) is 10.4. The van der Waals surface area contributed by atoms with Crippen LogP contribution in [0, 0.1) is 0 Å². The molecule has 0 radical (unpaired) electrons. The molecule has 25 heavy (non-hydrogen) atoms. The summed E-state index contributed by atoms with van der Waals surface area (Å²) in [7, 11) is 0. The molecule has 2 aromatic heterocycles. The highest BCUT2D eigenvalue weighted by molar-refractivity contribution is 6.33. The van der Waals surface area contributed by atoms with E-state index in [0.29, 0.717) is 10.9 Å². The van der Waals surface area contributed by atoms with Crippen molar-refractivity contribution >= 4 is 22.5 Å². The van der Waals surface area contributed by atoms with Crippen molar-refractivity contribution in [2.24, 2.45) is 5.73 Å². The predicted octanol–water partition coefficient (Wildman–Crippen LogP) is 5.68. The van der Waals surface area contributed by atoms with Gasteiger partial charge in [-0.05, 0) is 61.4 Å². The SMILES string of the molecule is CCC(C)c1cccc2c(CCCCN)c(-c3ncccc3Cl)[nH]c12. The monoisotopic (exact) mass is 355 g/mol. The summed E-state index contributed by atoms with van der Waals surface area (Å²) in [6.45, 7) is 5.22. The fraction of sp³-hybridized carbons (Fsp3) is 0.381. The van der Waals surface area contributed by atoms with Crippen LogP contribution in [0.15, 0.2) is 36.5 Å². The number of nitrogens with zero attached hydrogens (tertiary/aromatic N) is 1. The highest BCUT2D eigenvalue weighted by Gasteiger charge is 2.19. The van der Waals surface area contributed by atoms with Crippen molar-refractivity contribution in [1.29, 1.82) is 0 Å². The van der Waals surface area contributed by atoms with Crippen molar-refractivity contribution in [3.05, 3.63) is 52.7 Å². The molecular formula is C21H26ClN3. The average Bonchev–Trinajstić information content (AvgIpc) is 3.00. The molecule has 0 aliphatic heterocycles. The number of fused-ring (bicyclic) bond motifs is 1. The molecule has 0 aliphatic rings.